The zero-order chi connectivity index (χ0) is 13.1. The molecule has 0 amide bonds. The quantitative estimate of drug-likeness (QED) is 0.774. The molecule has 3 fully saturated rings. The van der Waals surface area contributed by atoms with Gasteiger partial charge in [-0.3, -0.25) is 0 Å². The summed E-state index contributed by atoms with van der Waals surface area (Å²) >= 11 is 0. The van der Waals surface area contributed by atoms with Crippen molar-refractivity contribution in [3.05, 3.63) is 35.9 Å². The van der Waals surface area contributed by atoms with Crippen LogP contribution >= 0.6 is 0 Å². The zero-order valence-corrected chi connectivity index (χ0v) is 12.5. The summed E-state index contributed by atoms with van der Waals surface area (Å²) in [4.78, 5) is 0. The van der Waals surface area contributed by atoms with Gasteiger partial charge >= 0.3 is 8.80 Å². The maximum Gasteiger partial charge on any atom is 0.501 e. The first-order chi connectivity index (χ1) is 9.31. The smallest absolute Gasteiger partial charge is 0.373 e. The van der Waals surface area contributed by atoms with Crippen molar-refractivity contribution in [1.29, 1.82) is 0 Å². The first-order valence-corrected chi connectivity index (χ1v) is 9.25. The second-order valence-corrected chi connectivity index (χ2v) is 8.32. The lowest BCUT2D eigenvalue weighted by molar-refractivity contribution is -0.0267. The molecule has 19 heavy (non-hydrogen) atoms. The van der Waals surface area contributed by atoms with Gasteiger partial charge in [0.2, 0.25) is 0 Å². The number of benzene rings is 1. The largest absolute Gasteiger partial charge is 0.501 e. The minimum Gasteiger partial charge on any atom is -0.373 e. The molecule has 0 spiro atoms. The molecule has 1 atom stereocenters. The molecule has 3 heterocycles. The number of hydrogen-bond acceptors (Lipinski definition) is 3. The van der Waals surface area contributed by atoms with Gasteiger partial charge in [0.15, 0.2) is 0 Å². The van der Waals surface area contributed by atoms with Crippen LogP contribution in [0.15, 0.2) is 30.3 Å². The number of hydrogen-bond donors (Lipinski definition) is 0. The summed E-state index contributed by atoms with van der Waals surface area (Å²) in [5.74, 6) is 0.648. The van der Waals surface area contributed by atoms with Crippen molar-refractivity contribution in [3.63, 3.8) is 0 Å². The molecule has 3 saturated heterocycles. The van der Waals surface area contributed by atoms with E-state index in [9.17, 15) is 0 Å². The van der Waals surface area contributed by atoms with Crippen molar-refractivity contribution in [2.45, 2.75) is 38.3 Å². The summed E-state index contributed by atoms with van der Waals surface area (Å²) in [6.07, 6.45) is 3.53. The van der Waals surface area contributed by atoms with Gasteiger partial charge in [-0.15, -0.1) is 0 Å². The van der Waals surface area contributed by atoms with Crippen molar-refractivity contribution in [3.8, 4) is 0 Å². The van der Waals surface area contributed by atoms with Crippen LogP contribution in [0.5, 0.6) is 0 Å². The van der Waals surface area contributed by atoms with Gasteiger partial charge in [0.1, 0.15) is 0 Å². The molecular weight excluding hydrogens is 256 g/mol. The van der Waals surface area contributed by atoms with E-state index in [0.717, 1.165) is 38.5 Å². The molecule has 3 aliphatic rings. The van der Waals surface area contributed by atoms with Crippen molar-refractivity contribution < 1.29 is 13.3 Å². The predicted molar refractivity (Wildman–Crippen MR) is 75.7 cm³/mol. The lowest BCUT2D eigenvalue weighted by atomic mass is 9.92. The molecule has 2 bridgehead atoms. The molecule has 1 aromatic carbocycles. The van der Waals surface area contributed by atoms with Crippen LogP contribution in [-0.4, -0.2) is 22.0 Å². The highest BCUT2D eigenvalue weighted by Gasteiger charge is 2.45. The Morgan fingerprint density at radius 2 is 1.79 bits per heavy atom. The van der Waals surface area contributed by atoms with E-state index < -0.39 is 8.80 Å². The molecule has 0 aliphatic carbocycles. The Bertz CT molecular complexity index is 399. The highest BCUT2D eigenvalue weighted by atomic mass is 28.4. The molecule has 104 valence electrons. The van der Waals surface area contributed by atoms with Gasteiger partial charge in [-0.1, -0.05) is 37.3 Å². The molecule has 4 heteroatoms. The Balaban J connectivity index is 1.88. The standard InChI is InChI=1S/C15H22O3Si/c1-2-19-16-10-8-13(9-11-17-19)12-15(18-19)14-6-4-3-5-7-14/h3-7,13,15H,2,8-12H2,1H3. The first-order valence-electron chi connectivity index (χ1n) is 7.32. The Hall–Kier alpha value is -0.683. The first kappa shape index (κ1) is 13.3. The molecule has 0 N–H and O–H groups in total. The molecular formula is C15H22O3Si. The van der Waals surface area contributed by atoms with E-state index in [0.29, 0.717) is 5.92 Å². The van der Waals surface area contributed by atoms with Gasteiger partial charge in [0, 0.05) is 19.3 Å². The van der Waals surface area contributed by atoms with Crippen LogP contribution in [0.1, 0.15) is 37.9 Å². The number of rotatable bonds is 2. The Labute approximate surface area is 116 Å². The molecule has 1 unspecified atom stereocenters. The summed E-state index contributed by atoms with van der Waals surface area (Å²) in [5, 5.41) is 0. The highest BCUT2D eigenvalue weighted by molar-refractivity contribution is 6.60. The monoisotopic (exact) mass is 278 g/mol. The molecule has 0 saturated carbocycles. The highest BCUT2D eigenvalue weighted by Crippen LogP contribution is 2.37. The van der Waals surface area contributed by atoms with Crippen LogP contribution in [0, 0.1) is 5.92 Å². The van der Waals surface area contributed by atoms with Gasteiger partial charge in [0.05, 0.1) is 6.10 Å². The second kappa shape index (κ2) is 5.75. The van der Waals surface area contributed by atoms with Crippen LogP contribution < -0.4 is 0 Å². The van der Waals surface area contributed by atoms with Crippen LogP contribution in [0.3, 0.4) is 0 Å². The van der Waals surface area contributed by atoms with E-state index in [1.165, 1.54) is 5.56 Å². The Morgan fingerprint density at radius 1 is 1.11 bits per heavy atom. The maximum atomic E-state index is 6.38. The van der Waals surface area contributed by atoms with Crippen molar-refractivity contribution in [2.75, 3.05) is 13.2 Å². The van der Waals surface area contributed by atoms with Crippen molar-refractivity contribution >= 4 is 8.80 Å². The Morgan fingerprint density at radius 3 is 2.42 bits per heavy atom. The molecule has 1 aromatic rings. The summed E-state index contributed by atoms with van der Waals surface area (Å²) in [5.41, 5.74) is 1.26. The summed E-state index contributed by atoms with van der Waals surface area (Å²) in [7, 11) is -2.45. The fourth-order valence-corrected chi connectivity index (χ4v) is 5.30. The minimum absolute atomic E-state index is 0.137. The lowest BCUT2D eigenvalue weighted by Gasteiger charge is -2.40. The van der Waals surface area contributed by atoms with E-state index in [1.807, 2.05) is 6.07 Å². The molecule has 4 rings (SSSR count). The predicted octanol–water partition coefficient (Wildman–Crippen LogP) is 3.55. The molecule has 3 nitrogen and oxygen atoms in total. The molecule has 3 aliphatic heterocycles. The van der Waals surface area contributed by atoms with Crippen LogP contribution in [0.4, 0.5) is 0 Å². The minimum atomic E-state index is -2.45. The van der Waals surface area contributed by atoms with E-state index in [1.54, 1.807) is 0 Å². The summed E-state index contributed by atoms with van der Waals surface area (Å²) in [6, 6.07) is 11.4. The lowest BCUT2D eigenvalue weighted by Crippen LogP contribution is -2.49. The van der Waals surface area contributed by atoms with Gasteiger partial charge in [0.25, 0.3) is 0 Å². The Kier molecular flexibility index (Phi) is 4.03. The molecule has 0 radical (unpaired) electrons. The average molecular weight is 278 g/mol. The third kappa shape index (κ3) is 2.92. The second-order valence-electron chi connectivity index (χ2n) is 5.43. The fraction of sp³-hybridized carbons (Fsp3) is 0.600. The third-order valence-corrected chi connectivity index (χ3v) is 6.97. The van der Waals surface area contributed by atoms with E-state index in [-0.39, 0.29) is 6.10 Å². The fourth-order valence-electron chi connectivity index (χ4n) is 2.98. The topological polar surface area (TPSA) is 27.7 Å². The van der Waals surface area contributed by atoms with Gasteiger partial charge in [-0.25, -0.2) is 0 Å². The van der Waals surface area contributed by atoms with Gasteiger partial charge in [-0.2, -0.15) is 0 Å². The van der Waals surface area contributed by atoms with Crippen LogP contribution in [-0.2, 0) is 13.3 Å². The zero-order valence-electron chi connectivity index (χ0n) is 11.5. The average Bonchev–Trinajstić information content (AvgIpc) is 2.39. The molecule has 0 aromatic heterocycles. The van der Waals surface area contributed by atoms with Crippen LogP contribution in [0.2, 0.25) is 6.04 Å². The number of fused-ring (bicyclic) bond motifs is 6. The van der Waals surface area contributed by atoms with Crippen molar-refractivity contribution in [1.82, 2.24) is 0 Å². The maximum absolute atomic E-state index is 6.38. The van der Waals surface area contributed by atoms with Gasteiger partial charge < -0.3 is 13.3 Å². The summed E-state index contributed by atoms with van der Waals surface area (Å²) < 4.78 is 18.5. The van der Waals surface area contributed by atoms with Crippen LogP contribution in [0.25, 0.3) is 0 Å². The summed E-state index contributed by atoms with van der Waals surface area (Å²) in [6.45, 7) is 3.72. The SMILES string of the molecule is CC[Si]12OCCC(CCO1)CC(c1ccccc1)O2. The van der Waals surface area contributed by atoms with E-state index in [4.69, 9.17) is 13.3 Å². The normalized spacial score (nSPS) is 35.4. The van der Waals surface area contributed by atoms with Crippen molar-refractivity contribution in [2.24, 2.45) is 5.92 Å². The van der Waals surface area contributed by atoms with E-state index in [2.05, 4.69) is 31.2 Å². The van der Waals surface area contributed by atoms with Gasteiger partial charge in [-0.05, 0) is 30.7 Å². The van der Waals surface area contributed by atoms with E-state index >= 15 is 0 Å². The third-order valence-electron chi connectivity index (χ3n) is 4.17.